The lowest BCUT2D eigenvalue weighted by atomic mass is 9.69. The van der Waals surface area contributed by atoms with Crippen molar-refractivity contribution in [2.75, 3.05) is 0 Å². The van der Waals surface area contributed by atoms with E-state index in [2.05, 4.69) is 52.6 Å². The Morgan fingerprint density at radius 1 is 1.31 bits per heavy atom. The van der Waals surface area contributed by atoms with E-state index in [9.17, 15) is 0 Å². The van der Waals surface area contributed by atoms with Crippen LogP contribution in [-0.4, -0.2) is 0 Å². The Morgan fingerprint density at radius 3 is 2.15 bits per heavy atom. The Bertz CT molecular complexity index is 274. The van der Waals surface area contributed by atoms with Crippen molar-refractivity contribution in [1.82, 2.24) is 0 Å². The number of hydrogen-bond donors (Lipinski definition) is 0. The molecule has 0 nitrogen and oxygen atoms in total. The van der Waals surface area contributed by atoms with Crippen LogP contribution in [0.1, 0.15) is 40.0 Å². The smallest absolute Gasteiger partial charge is 0.0588 e. The molecule has 2 aliphatic carbocycles. The minimum absolute atomic E-state index is 0.431. The van der Waals surface area contributed by atoms with Crippen molar-refractivity contribution in [1.29, 1.82) is 0 Å². The van der Waals surface area contributed by atoms with Crippen LogP contribution in [0.25, 0.3) is 0 Å². The molecule has 2 bridgehead atoms. The molecule has 0 radical (unpaired) electrons. The van der Waals surface area contributed by atoms with Crippen LogP contribution in [-0.2, 0) is 0 Å². The molecule has 0 aromatic carbocycles. The molecule has 0 heterocycles. The molecule has 0 N–H and O–H groups in total. The highest BCUT2D eigenvalue weighted by Gasteiger charge is 2.59. The van der Waals surface area contributed by atoms with Crippen LogP contribution in [0.5, 0.6) is 0 Å². The summed E-state index contributed by atoms with van der Waals surface area (Å²) in [5, 5.41) is 0. The molecule has 2 heteroatoms. The molecule has 0 amide bonds. The quantitative estimate of drug-likeness (QED) is 0.601. The van der Waals surface area contributed by atoms with Crippen molar-refractivity contribution in [2.45, 2.75) is 40.0 Å². The second-order valence-electron chi connectivity index (χ2n) is 5.23. The van der Waals surface area contributed by atoms with Gasteiger partial charge in [0.05, 0.1) is 3.39 Å². The molecule has 2 rings (SSSR count). The SMILES string of the molecule is CC1(C)[C@@H]2CC[C@@]1(C)C(=C(Br)Br)C2. The summed E-state index contributed by atoms with van der Waals surface area (Å²) in [6.45, 7) is 7.29. The van der Waals surface area contributed by atoms with Gasteiger partial charge in [-0.2, -0.15) is 0 Å². The molecule has 0 aromatic rings. The Morgan fingerprint density at radius 2 is 1.92 bits per heavy atom. The average molecular weight is 308 g/mol. The summed E-state index contributed by atoms with van der Waals surface area (Å²) >= 11 is 7.17. The van der Waals surface area contributed by atoms with Crippen molar-refractivity contribution in [3.05, 3.63) is 8.96 Å². The van der Waals surface area contributed by atoms with Gasteiger partial charge in [-0.25, -0.2) is 0 Å². The Kier molecular flexibility index (Phi) is 2.24. The highest BCUT2D eigenvalue weighted by Crippen LogP contribution is 2.69. The summed E-state index contributed by atoms with van der Waals surface area (Å²) < 4.78 is 1.21. The lowest BCUT2D eigenvalue weighted by Crippen LogP contribution is -2.28. The number of halogens is 2. The molecule has 13 heavy (non-hydrogen) atoms. The van der Waals surface area contributed by atoms with Gasteiger partial charge in [0.25, 0.3) is 0 Å². The number of fused-ring (bicyclic) bond motifs is 2. The van der Waals surface area contributed by atoms with Crippen LogP contribution in [0.15, 0.2) is 8.96 Å². The third kappa shape index (κ3) is 1.14. The van der Waals surface area contributed by atoms with Gasteiger partial charge in [0, 0.05) is 0 Å². The monoisotopic (exact) mass is 306 g/mol. The molecule has 2 aliphatic rings. The van der Waals surface area contributed by atoms with Gasteiger partial charge in [-0.3, -0.25) is 0 Å². The van der Waals surface area contributed by atoms with E-state index in [1.807, 2.05) is 0 Å². The van der Waals surface area contributed by atoms with Crippen molar-refractivity contribution >= 4 is 31.9 Å². The topological polar surface area (TPSA) is 0 Å². The molecule has 0 unspecified atom stereocenters. The summed E-state index contributed by atoms with van der Waals surface area (Å²) in [4.78, 5) is 0. The summed E-state index contributed by atoms with van der Waals surface area (Å²) in [6.07, 6.45) is 4.07. The summed E-state index contributed by atoms with van der Waals surface area (Å²) in [5.41, 5.74) is 2.53. The lowest BCUT2D eigenvalue weighted by molar-refractivity contribution is 0.179. The second kappa shape index (κ2) is 2.85. The van der Waals surface area contributed by atoms with Crippen LogP contribution in [0.3, 0.4) is 0 Å². The van der Waals surface area contributed by atoms with Crippen molar-refractivity contribution in [3.8, 4) is 0 Å². The minimum Gasteiger partial charge on any atom is -0.0588 e. The van der Waals surface area contributed by atoms with Crippen molar-refractivity contribution in [2.24, 2.45) is 16.7 Å². The lowest BCUT2D eigenvalue weighted by Gasteiger charge is -2.35. The zero-order valence-corrected chi connectivity index (χ0v) is 11.6. The summed E-state index contributed by atoms with van der Waals surface area (Å²) in [6, 6.07) is 0. The van der Waals surface area contributed by atoms with Gasteiger partial charge in [0.1, 0.15) is 0 Å². The van der Waals surface area contributed by atoms with E-state index >= 15 is 0 Å². The Labute approximate surface area is 97.4 Å². The van der Waals surface area contributed by atoms with E-state index in [0.717, 1.165) is 5.92 Å². The molecule has 0 saturated heterocycles. The van der Waals surface area contributed by atoms with Crippen LogP contribution in [0, 0.1) is 16.7 Å². The average Bonchev–Trinajstić information content (AvgIpc) is 2.34. The number of hydrogen-bond acceptors (Lipinski definition) is 0. The fourth-order valence-electron chi connectivity index (χ4n) is 3.25. The first kappa shape index (κ1) is 10.2. The number of rotatable bonds is 0. The van der Waals surface area contributed by atoms with Crippen LogP contribution in [0.2, 0.25) is 0 Å². The summed E-state index contributed by atoms with van der Waals surface area (Å²) in [7, 11) is 0. The van der Waals surface area contributed by atoms with Crippen LogP contribution in [0.4, 0.5) is 0 Å². The molecular formula is C11H16Br2. The maximum absolute atomic E-state index is 3.59. The van der Waals surface area contributed by atoms with E-state index in [1.54, 1.807) is 5.57 Å². The first-order chi connectivity index (χ1) is 5.89. The van der Waals surface area contributed by atoms with Crippen molar-refractivity contribution < 1.29 is 0 Å². The van der Waals surface area contributed by atoms with E-state index in [4.69, 9.17) is 0 Å². The zero-order chi connectivity index (χ0) is 9.85. The zero-order valence-electron chi connectivity index (χ0n) is 8.45. The predicted octanol–water partition coefficient (Wildman–Crippen LogP) is 4.83. The molecule has 0 aliphatic heterocycles. The number of allylic oxidation sites excluding steroid dienone is 1. The third-order valence-corrected chi connectivity index (χ3v) is 5.74. The Hall–Kier alpha value is 0.700. The molecule has 2 fully saturated rings. The van der Waals surface area contributed by atoms with Gasteiger partial charge in [-0.05, 0) is 73.4 Å². The Balaban J connectivity index is 2.50. The van der Waals surface area contributed by atoms with E-state index in [-0.39, 0.29) is 0 Å². The maximum Gasteiger partial charge on any atom is 0.0601 e. The molecular weight excluding hydrogens is 292 g/mol. The fourth-order valence-corrected chi connectivity index (χ4v) is 4.45. The highest BCUT2D eigenvalue weighted by molar-refractivity contribution is 9.28. The standard InChI is InChI=1S/C11H16Br2/c1-10(2)7-4-5-11(10,3)8(6-7)9(12)13/h7H,4-6H2,1-3H3/t7-,11+/m1/s1. The molecule has 2 atom stereocenters. The minimum atomic E-state index is 0.431. The van der Waals surface area contributed by atoms with Gasteiger partial charge >= 0.3 is 0 Å². The van der Waals surface area contributed by atoms with E-state index < -0.39 is 0 Å². The molecule has 2 saturated carbocycles. The summed E-state index contributed by atoms with van der Waals surface area (Å²) in [5.74, 6) is 0.901. The second-order valence-corrected chi connectivity index (χ2v) is 7.88. The van der Waals surface area contributed by atoms with Crippen LogP contribution < -0.4 is 0 Å². The first-order valence-electron chi connectivity index (χ1n) is 4.94. The van der Waals surface area contributed by atoms with Gasteiger partial charge in [-0.1, -0.05) is 20.8 Å². The third-order valence-electron chi connectivity index (χ3n) is 4.78. The molecule has 74 valence electrons. The van der Waals surface area contributed by atoms with E-state index in [1.165, 1.54) is 22.7 Å². The van der Waals surface area contributed by atoms with Gasteiger partial charge in [-0.15, -0.1) is 0 Å². The van der Waals surface area contributed by atoms with E-state index in [0.29, 0.717) is 10.8 Å². The van der Waals surface area contributed by atoms with Gasteiger partial charge in [0.2, 0.25) is 0 Å². The molecule has 0 aromatic heterocycles. The van der Waals surface area contributed by atoms with Gasteiger partial charge < -0.3 is 0 Å². The maximum atomic E-state index is 3.59. The largest absolute Gasteiger partial charge is 0.0601 e. The predicted molar refractivity (Wildman–Crippen MR) is 64.1 cm³/mol. The van der Waals surface area contributed by atoms with Gasteiger partial charge in [0.15, 0.2) is 0 Å². The fraction of sp³-hybridized carbons (Fsp3) is 0.818. The first-order valence-corrected chi connectivity index (χ1v) is 6.53. The van der Waals surface area contributed by atoms with Crippen LogP contribution >= 0.6 is 31.9 Å². The highest BCUT2D eigenvalue weighted by atomic mass is 79.9. The normalized spacial score (nSPS) is 41.3. The molecule has 0 spiro atoms. The van der Waals surface area contributed by atoms with Crippen molar-refractivity contribution in [3.63, 3.8) is 0 Å².